The van der Waals surface area contributed by atoms with Gasteiger partial charge in [-0.1, -0.05) is 19.3 Å². The number of nitrogens with one attached hydrogen (secondary N) is 1. The molecule has 1 N–H and O–H groups in total. The zero-order valence-corrected chi connectivity index (χ0v) is 15.4. The van der Waals surface area contributed by atoms with Crippen LogP contribution < -0.4 is 15.0 Å². The molecule has 1 aliphatic heterocycles. The molecular weight excluding hydrogens is 316 g/mol. The minimum atomic E-state index is 0.0720. The number of ether oxygens (including phenoxy) is 1. The molecule has 1 saturated carbocycles. The molecule has 1 aliphatic carbocycles. The van der Waals surface area contributed by atoms with Crippen LogP contribution in [-0.2, 0) is 4.79 Å². The van der Waals surface area contributed by atoms with Crippen molar-refractivity contribution < 1.29 is 9.53 Å². The maximum Gasteiger partial charge on any atom is 0.257 e. The Bertz CT molecular complexity index is 564. The van der Waals surface area contributed by atoms with Gasteiger partial charge < -0.3 is 15.0 Å². The smallest absolute Gasteiger partial charge is 0.257 e. The fourth-order valence-electron chi connectivity index (χ4n) is 3.76. The van der Waals surface area contributed by atoms with Crippen molar-refractivity contribution in [3.8, 4) is 5.88 Å². The summed E-state index contributed by atoms with van der Waals surface area (Å²) in [6.45, 7) is 5.71. The number of aromatic nitrogens is 2. The van der Waals surface area contributed by atoms with Crippen molar-refractivity contribution in [2.45, 2.75) is 70.9 Å². The highest BCUT2D eigenvalue weighted by molar-refractivity contribution is 5.79. The summed E-state index contributed by atoms with van der Waals surface area (Å²) in [6.07, 6.45) is 11.1. The summed E-state index contributed by atoms with van der Waals surface area (Å²) in [4.78, 5) is 23.4. The first-order chi connectivity index (χ1) is 12.1. The van der Waals surface area contributed by atoms with Crippen LogP contribution in [0.2, 0.25) is 0 Å². The number of amides is 1. The lowest BCUT2D eigenvalue weighted by atomic mass is 9.88. The minimum Gasteiger partial charge on any atom is -0.472 e. The Morgan fingerprint density at radius 2 is 1.80 bits per heavy atom. The van der Waals surface area contributed by atoms with Gasteiger partial charge >= 0.3 is 0 Å². The monoisotopic (exact) mass is 346 g/mol. The van der Waals surface area contributed by atoms with Crippen molar-refractivity contribution in [3.05, 3.63) is 12.4 Å². The normalized spacial score (nSPS) is 19.9. The van der Waals surface area contributed by atoms with E-state index in [-0.39, 0.29) is 24.0 Å². The molecule has 1 saturated heterocycles. The highest BCUT2D eigenvalue weighted by Crippen LogP contribution is 2.27. The van der Waals surface area contributed by atoms with Crippen LogP contribution in [0, 0.1) is 5.92 Å². The first-order valence-corrected chi connectivity index (χ1v) is 9.66. The highest BCUT2D eigenvalue weighted by atomic mass is 16.5. The van der Waals surface area contributed by atoms with Crippen molar-refractivity contribution in [3.63, 3.8) is 0 Å². The summed E-state index contributed by atoms with van der Waals surface area (Å²) in [5.41, 5.74) is 0. The maximum absolute atomic E-state index is 12.4. The molecular formula is C19H30N4O2. The number of anilines is 1. The van der Waals surface area contributed by atoms with Gasteiger partial charge in [-0.3, -0.25) is 4.79 Å². The molecule has 1 aromatic heterocycles. The largest absolute Gasteiger partial charge is 0.472 e. The zero-order valence-electron chi connectivity index (χ0n) is 15.4. The standard InChI is InChI=1S/C19H30N4O2/c1-14(2)25-19-17(20-10-11-21-19)23-12-8-16(9-13-23)22-18(24)15-6-4-3-5-7-15/h10-11,14-16H,3-9,12-13H2,1-2H3,(H,22,24). The van der Waals surface area contributed by atoms with Gasteiger partial charge in [-0.25, -0.2) is 9.97 Å². The maximum atomic E-state index is 12.4. The molecule has 2 heterocycles. The van der Waals surface area contributed by atoms with Crippen molar-refractivity contribution in [2.75, 3.05) is 18.0 Å². The molecule has 138 valence electrons. The number of hydrogen-bond acceptors (Lipinski definition) is 5. The van der Waals surface area contributed by atoms with Crippen LogP contribution in [0.3, 0.4) is 0 Å². The quantitative estimate of drug-likeness (QED) is 0.888. The zero-order chi connectivity index (χ0) is 17.6. The van der Waals surface area contributed by atoms with Gasteiger partial charge in [-0.15, -0.1) is 0 Å². The van der Waals surface area contributed by atoms with Gasteiger partial charge in [0.25, 0.3) is 5.88 Å². The summed E-state index contributed by atoms with van der Waals surface area (Å²) < 4.78 is 5.78. The van der Waals surface area contributed by atoms with E-state index in [0.717, 1.165) is 44.6 Å². The number of hydrogen-bond donors (Lipinski definition) is 1. The molecule has 2 aliphatic rings. The Balaban J connectivity index is 1.53. The number of piperidine rings is 1. The Morgan fingerprint density at radius 1 is 1.12 bits per heavy atom. The molecule has 0 spiro atoms. The summed E-state index contributed by atoms with van der Waals surface area (Å²) in [5, 5.41) is 3.27. The lowest BCUT2D eigenvalue weighted by Gasteiger charge is -2.34. The van der Waals surface area contributed by atoms with E-state index in [1.807, 2.05) is 13.8 Å². The molecule has 3 rings (SSSR count). The van der Waals surface area contributed by atoms with E-state index >= 15 is 0 Å². The van der Waals surface area contributed by atoms with Gasteiger partial charge in [0.15, 0.2) is 5.82 Å². The van der Waals surface area contributed by atoms with E-state index in [4.69, 9.17) is 4.74 Å². The molecule has 0 atom stereocenters. The molecule has 0 aromatic carbocycles. The van der Waals surface area contributed by atoms with Crippen LogP contribution >= 0.6 is 0 Å². The fraction of sp³-hybridized carbons (Fsp3) is 0.737. The van der Waals surface area contributed by atoms with Gasteiger partial charge in [-0.2, -0.15) is 0 Å². The van der Waals surface area contributed by atoms with Crippen molar-refractivity contribution in [1.29, 1.82) is 0 Å². The molecule has 0 bridgehead atoms. The lowest BCUT2D eigenvalue weighted by Crippen LogP contribution is -2.47. The molecule has 1 amide bonds. The second kappa shape index (κ2) is 8.50. The molecule has 25 heavy (non-hydrogen) atoms. The topological polar surface area (TPSA) is 67.4 Å². The van der Waals surface area contributed by atoms with E-state index in [0.29, 0.717) is 5.88 Å². The number of rotatable bonds is 5. The van der Waals surface area contributed by atoms with Crippen LogP contribution in [0.4, 0.5) is 5.82 Å². The number of carbonyl (C=O) groups excluding carboxylic acids is 1. The number of nitrogens with zero attached hydrogens (tertiary/aromatic N) is 3. The van der Waals surface area contributed by atoms with E-state index in [2.05, 4.69) is 20.2 Å². The third-order valence-electron chi connectivity index (χ3n) is 5.11. The van der Waals surface area contributed by atoms with Crippen LogP contribution in [0.25, 0.3) is 0 Å². The van der Waals surface area contributed by atoms with E-state index in [1.165, 1.54) is 19.3 Å². The number of carbonyl (C=O) groups is 1. The third-order valence-corrected chi connectivity index (χ3v) is 5.11. The van der Waals surface area contributed by atoms with Crippen molar-refractivity contribution in [1.82, 2.24) is 15.3 Å². The third kappa shape index (κ3) is 4.83. The SMILES string of the molecule is CC(C)Oc1nccnc1N1CCC(NC(=O)C2CCCCC2)CC1. The minimum absolute atomic E-state index is 0.0720. The summed E-state index contributed by atoms with van der Waals surface area (Å²) in [6, 6.07) is 0.275. The average molecular weight is 346 g/mol. The van der Waals surface area contributed by atoms with E-state index < -0.39 is 0 Å². The van der Waals surface area contributed by atoms with Gasteiger partial charge in [0.1, 0.15) is 0 Å². The van der Waals surface area contributed by atoms with Crippen LogP contribution in [-0.4, -0.2) is 41.1 Å². The first kappa shape index (κ1) is 18.0. The molecule has 0 unspecified atom stereocenters. The van der Waals surface area contributed by atoms with Crippen LogP contribution in [0.5, 0.6) is 5.88 Å². The lowest BCUT2D eigenvalue weighted by molar-refractivity contribution is -0.126. The summed E-state index contributed by atoms with van der Waals surface area (Å²) >= 11 is 0. The highest BCUT2D eigenvalue weighted by Gasteiger charge is 2.27. The van der Waals surface area contributed by atoms with Gasteiger partial charge in [0, 0.05) is 37.4 Å². The Labute approximate surface area is 150 Å². The fourth-order valence-corrected chi connectivity index (χ4v) is 3.76. The summed E-state index contributed by atoms with van der Waals surface area (Å²) in [7, 11) is 0. The van der Waals surface area contributed by atoms with Crippen LogP contribution in [0.15, 0.2) is 12.4 Å². The van der Waals surface area contributed by atoms with Gasteiger partial charge in [-0.05, 0) is 39.5 Å². The van der Waals surface area contributed by atoms with E-state index in [9.17, 15) is 4.79 Å². The first-order valence-electron chi connectivity index (χ1n) is 9.66. The molecule has 0 radical (unpaired) electrons. The van der Waals surface area contributed by atoms with Crippen LogP contribution in [0.1, 0.15) is 58.8 Å². The van der Waals surface area contributed by atoms with Gasteiger partial charge in [0.2, 0.25) is 5.91 Å². The second-order valence-electron chi connectivity index (χ2n) is 7.46. The second-order valence-corrected chi connectivity index (χ2v) is 7.46. The molecule has 6 nitrogen and oxygen atoms in total. The van der Waals surface area contributed by atoms with Crippen molar-refractivity contribution in [2.24, 2.45) is 5.92 Å². The predicted molar refractivity (Wildman–Crippen MR) is 97.7 cm³/mol. The molecule has 1 aromatic rings. The molecule has 6 heteroatoms. The Morgan fingerprint density at radius 3 is 2.48 bits per heavy atom. The average Bonchev–Trinajstić information content (AvgIpc) is 2.63. The molecule has 2 fully saturated rings. The Hall–Kier alpha value is -1.85. The van der Waals surface area contributed by atoms with Gasteiger partial charge in [0.05, 0.1) is 6.10 Å². The van der Waals surface area contributed by atoms with Crippen molar-refractivity contribution >= 4 is 11.7 Å². The van der Waals surface area contributed by atoms with E-state index in [1.54, 1.807) is 12.4 Å². The Kier molecular flexibility index (Phi) is 6.10. The summed E-state index contributed by atoms with van der Waals surface area (Å²) in [5.74, 6) is 1.91. The predicted octanol–water partition coefficient (Wildman–Crippen LogP) is 2.93.